The molecule has 1 aliphatic rings. The van der Waals surface area contributed by atoms with Crippen molar-refractivity contribution in [3.63, 3.8) is 0 Å². The van der Waals surface area contributed by atoms with Crippen molar-refractivity contribution in [3.8, 4) is 17.2 Å². The molecule has 1 aromatic heterocycles. The lowest BCUT2D eigenvalue weighted by atomic mass is 9.95. The van der Waals surface area contributed by atoms with E-state index in [9.17, 15) is 14.7 Å². The zero-order chi connectivity index (χ0) is 26.0. The van der Waals surface area contributed by atoms with E-state index in [0.29, 0.717) is 49.1 Å². The highest BCUT2D eigenvalue weighted by Crippen LogP contribution is 2.36. The Kier molecular flexibility index (Phi) is 7.51. The minimum absolute atomic E-state index is 0.0899. The van der Waals surface area contributed by atoms with Crippen molar-refractivity contribution < 1.29 is 24.1 Å². The molecule has 1 aliphatic heterocycles. The van der Waals surface area contributed by atoms with E-state index >= 15 is 0 Å². The van der Waals surface area contributed by atoms with Crippen molar-refractivity contribution in [2.24, 2.45) is 4.99 Å². The summed E-state index contributed by atoms with van der Waals surface area (Å²) in [7, 11) is 3.05. The SMILES string of the molecule is CCOC(=O)C1=C(C)N=c2sc(=CCc3cc(Cl)ccc3O)c(=O)n2[C@@H]1c1ccc(OC)c(OC)c1. The Bertz CT molecular complexity index is 1540. The van der Waals surface area contributed by atoms with Gasteiger partial charge in [0.05, 0.1) is 42.7 Å². The minimum Gasteiger partial charge on any atom is -0.508 e. The predicted octanol–water partition coefficient (Wildman–Crippen LogP) is 3.37. The molecule has 3 aromatic rings. The molecule has 4 rings (SSSR count). The van der Waals surface area contributed by atoms with Crippen molar-refractivity contribution in [1.82, 2.24) is 4.57 Å². The normalized spacial score (nSPS) is 15.4. The third kappa shape index (κ3) is 4.76. The molecule has 8 nitrogen and oxygen atoms in total. The molecule has 188 valence electrons. The van der Waals surface area contributed by atoms with Crippen LogP contribution < -0.4 is 24.4 Å². The van der Waals surface area contributed by atoms with E-state index in [4.69, 9.17) is 25.8 Å². The highest BCUT2D eigenvalue weighted by Gasteiger charge is 2.33. The van der Waals surface area contributed by atoms with Crippen LogP contribution >= 0.6 is 22.9 Å². The van der Waals surface area contributed by atoms with Crippen molar-refractivity contribution in [3.05, 3.63) is 83.5 Å². The fourth-order valence-corrected chi connectivity index (χ4v) is 5.30. The Labute approximate surface area is 216 Å². The number of benzene rings is 2. The summed E-state index contributed by atoms with van der Waals surface area (Å²) in [5.41, 5.74) is 1.66. The van der Waals surface area contributed by atoms with Crippen LogP contribution in [0.5, 0.6) is 17.2 Å². The number of methoxy groups -OCH3 is 2. The molecule has 10 heteroatoms. The molecule has 2 aromatic carbocycles. The Balaban J connectivity index is 1.90. The summed E-state index contributed by atoms with van der Waals surface area (Å²) in [6.07, 6.45) is 2.02. The van der Waals surface area contributed by atoms with Gasteiger partial charge in [0.1, 0.15) is 5.75 Å². The maximum Gasteiger partial charge on any atom is 0.338 e. The van der Waals surface area contributed by atoms with Gasteiger partial charge in [0, 0.05) is 5.02 Å². The number of halogens is 1. The van der Waals surface area contributed by atoms with Crippen LogP contribution in [0.15, 0.2) is 57.5 Å². The number of rotatable bonds is 7. The first-order valence-corrected chi connectivity index (χ1v) is 12.4. The average molecular weight is 529 g/mol. The quantitative estimate of drug-likeness (QED) is 0.472. The fourth-order valence-electron chi connectivity index (χ4n) is 4.09. The van der Waals surface area contributed by atoms with E-state index in [2.05, 4.69) is 4.99 Å². The van der Waals surface area contributed by atoms with Gasteiger partial charge < -0.3 is 19.3 Å². The van der Waals surface area contributed by atoms with Crippen LogP contribution in [0.4, 0.5) is 0 Å². The number of aromatic nitrogens is 1. The van der Waals surface area contributed by atoms with E-state index in [1.807, 2.05) is 0 Å². The van der Waals surface area contributed by atoms with E-state index in [1.54, 1.807) is 50.3 Å². The Morgan fingerprint density at radius 2 is 1.94 bits per heavy atom. The van der Waals surface area contributed by atoms with E-state index in [1.165, 1.54) is 36.2 Å². The molecule has 0 unspecified atom stereocenters. The molecule has 0 radical (unpaired) electrons. The second-order valence-electron chi connectivity index (χ2n) is 7.95. The average Bonchev–Trinajstić information content (AvgIpc) is 3.17. The van der Waals surface area contributed by atoms with Crippen molar-refractivity contribution >= 4 is 35.0 Å². The maximum atomic E-state index is 13.6. The first-order chi connectivity index (χ1) is 17.3. The summed E-state index contributed by atoms with van der Waals surface area (Å²) in [6.45, 7) is 3.63. The molecule has 0 bridgehead atoms. The lowest BCUT2D eigenvalue weighted by Crippen LogP contribution is -2.40. The third-order valence-electron chi connectivity index (χ3n) is 5.79. The van der Waals surface area contributed by atoms with Crippen molar-refractivity contribution in [2.45, 2.75) is 26.3 Å². The fraction of sp³-hybridized carbons (Fsp3) is 0.269. The Morgan fingerprint density at radius 3 is 2.64 bits per heavy atom. The Morgan fingerprint density at radius 1 is 1.19 bits per heavy atom. The molecular weight excluding hydrogens is 504 g/mol. The number of allylic oxidation sites excluding steroid dienone is 1. The van der Waals surface area contributed by atoms with Crippen LogP contribution in [0.3, 0.4) is 0 Å². The number of phenolic OH excluding ortho intramolecular Hbond substituents is 1. The molecule has 1 N–H and O–H groups in total. The van der Waals surface area contributed by atoms with Gasteiger partial charge in [-0.25, -0.2) is 9.79 Å². The van der Waals surface area contributed by atoms with Gasteiger partial charge >= 0.3 is 5.97 Å². The largest absolute Gasteiger partial charge is 0.508 e. The van der Waals surface area contributed by atoms with Gasteiger partial charge in [0.15, 0.2) is 16.3 Å². The number of aromatic hydroxyl groups is 1. The zero-order valence-electron chi connectivity index (χ0n) is 20.2. The Hall–Kier alpha value is -3.56. The second kappa shape index (κ2) is 10.6. The monoisotopic (exact) mass is 528 g/mol. The van der Waals surface area contributed by atoms with Crippen LogP contribution in [-0.2, 0) is 16.0 Å². The van der Waals surface area contributed by atoms with E-state index < -0.39 is 12.0 Å². The van der Waals surface area contributed by atoms with Gasteiger partial charge in [-0.15, -0.1) is 0 Å². The number of carbonyl (C=O) groups excluding carboxylic acids is 1. The number of carbonyl (C=O) groups is 1. The number of phenols is 1. The third-order valence-corrected chi connectivity index (χ3v) is 7.06. The number of thiazole rings is 1. The van der Waals surface area contributed by atoms with Crippen LogP contribution in [0.1, 0.15) is 31.0 Å². The van der Waals surface area contributed by atoms with Gasteiger partial charge in [-0.2, -0.15) is 0 Å². The maximum absolute atomic E-state index is 13.6. The highest BCUT2D eigenvalue weighted by atomic mass is 35.5. The van der Waals surface area contributed by atoms with Crippen LogP contribution in [0, 0.1) is 0 Å². The van der Waals surface area contributed by atoms with Gasteiger partial charge in [-0.05, 0) is 61.7 Å². The van der Waals surface area contributed by atoms with Gasteiger partial charge in [0.2, 0.25) is 0 Å². The lowest BCUT2D eigenvalue weighted by Gasteiger charge is -2.25. The number of esters is 1. The second-order valence-corrected chi connectivity index (χ2v) is 9.40. The van der Waals surface area contributed by atoms with Gasteiger partial charge in [-0.1, -0.05) is 35.1 Å². The highest BCUT2D eigenvalue weighted by molar-refractivity contribution is 7.07. The molecule has 0 saturated heterocycles. The molecule has 1 atom stereocenters. The van der Waals surface area contributed by atoms with Crippen molar-refractivity contribution in [2.75, 3.05) is 20.8 Å². The minimum atomic E-state index is -0.776. The molecule has 0 fully saturated rings. The topological polar surface area (TPSA) is 99.4 Å². The van der Waals surface area contributed by atoms with Crippen LogP contribution in [0.25, 0.3) is 6.08 Å². The first kappa shape index (κ1) is 25.5. The van der Waals surface area contributed by atoms with E-state index in [-0.39, 0.29) is 23.5 Å². The summed E-state index contributed by atoms with van der Waals surface area (Å²) < 4.78 is 18.1. The predicted molar refractivity (Wildman–Crippen MR) is 138 cm³/mol. The number of fused-ring (bicyclic) bond motifs is 1. The first-order valence-electron chi connectivity index (χ1n) is 11.2. The number of nitrogens with zero attached hydrogens (tertiary/aromatic N) is 2. The molecule has 2 heterocycles. The van der Waals surface area contributed by atoms with Crippen LogP contribution in [-0.4, -0.2) is 36.5 Å². The number of hydrogen-bond donors (Lipinski definition) is 1. The molecule has 0 aliphatic carbocycles. The number of hydrogen-bond acceptors (Lipinski definition) is 8. The smallest absolute Gasteiger partial charge is 0.338 e. The molecule has 0 saturated carbocycles. The molecule has 0 amide bonds. The summed E-state index contributed by atoms with van der Waals surface area (Å²) in [4.78, 5) is 31.7. The zero-order valence-corrected chi connectivity index (χ0v) is 21.8. The van der Waals surface area contributed by atoms with Gasteiger partial charge in [0.25, 0.3) is 5.56 Å². The molecular formula is C26H25ClN2O6S. The summed E-state index contributed by atoms with van der Waals surface area (Å²) in [6, 6.07) is 9.23. The standard InChI is InChI=1S/C26H25ClN2O6S/c1-5-35-25(32)22-14(2)28-26-29(23(22)16-6-10-19(33-3)20(13-16)34-4)24(31)21(36-26)11-7-15-12-17(27)8-9-18(15)30/h6,8-13,23,30H,5,7H2,1-4H3/t23-/m1/s1. The summed E-state index contributed by atoms with van der Waals surface area (Å²) >= 11 is 7.27. The van der Waals surface area contributed by atoms with Crippen LogP contribution in [0.2, 0.25) is 5.02 Å². The molecule has 0 spiro atoms. The lowest BCUT2D eigenvalue weighted by molar-refractivity contribution is -0.139. The van der Waals surface area contributed by atoms with Crippen molar-refractivity contribution in [1.29, 1.82) is 0 Å². The van der Waals surface area contributed by atoms with Gasteiger partial charge in [-0.3, -0.25) is 9.36 Å². The van der Waals surface area contributed by atoms with E-state index in [0.717, 1.165) is 0 Å². The number of ether oxygens (including phenoxy) is 3. The molecule has 36 heavy (non-hydrogen) atoms. The summed E-state index contributed by atoms with van der Waals surface area (Å²) in [5.74, 6) is 0.531. The summed E-state index contributed by atoms with van der Waals surface area (Å²) in [5, 5.41) is 10.6.